The van der Waals surface area contributed by atoms with Gasteiger partial charge in [0.2, 0.25) is 5.91 Å². The number of hydrogen-bond acceptors (Lipinski definition) is 4. The Balaban J connectivity index is 2.90. The van der Waals surface area contributed by atoms with Gasteiger partial charge in [-0.2, -0.15) is 0 Å². The molecule has 1 aliphatic heterocycles. The van der Waals surface area contributed by atoms with Crippen molar-refractivity contribution >= 4 is 11.7 Å². The van der Waals surface area contributed by atoms with Gasteiger partial charge in [-0.3, -0.25) is 4.79 Å². The normalized spacial score (nSPS) is 21.8. The number of rotatable bonds is 3. The molecular formula is C13H25N3O3. The average Bonchev–Trinajstić information content (AvgIpc) is 2.37. The number of amides is 1. The van der Waals surface area contributed by atoms with Gasteiger partial charge in [-0.1, -0.05) is 25.9 Å². The molecule has 19 heavy (non-hydrogen) atoms. The van der Waals surface area contributed by atoms with E-state index < -0.39 is 5.41 Å². The highest BCUT2D eigenvalue weighted by Crippen LogP contribution is 2.32. The summed E-state index contributed by atoms with van der Waals surface area (Å²) >= 11 is 0. The summed E-state index contributed by atoms with van der Waals surface area (Å²) in [5.41, 5.74) is 4.75. The maximum atomic E-state index is 12.5. The molecule has 4 N–H and O–H groups in total. The largest absolute Gasteiger partial charge is 0.409 e. The van der Waals surface area contributed by atoms with Crippen molar-refractivity contribution in [3.8, 4) is 0 Å². The molecule has 1 heterocycles. The lowest BCUT2D eigenvalue weighted by Gasteiger charge is -2.37. The van der Waals surface area contributed by atoms with Crippen LogP contribution in [0.25, 0.3) is 0 Å². The Morgan fingerprint density at radius 1 is 1.42 bits per heavy atom. The second-order valence-corrected chi connectivity index (χ2v) is 6.24. The van der Waals surface area contributed by atoms with Gasteiger partial charge < -0.3 is 21.0 Å². The van der Waals surface area contributed by atoms with Crippen molar-refractivity contribution in [1.82, 2.24) is 5.32 Å². The molecule has 0 saturated carbocycles. The summed E-state index contributed by atoms with van der Waals surface area (Å²) in [5.74, 6) is -0.220. The monoisotopic (exact) mass is 271 g/mol. The van der Waals surface area contributed by atoms with Gasteiger partial charge in [-0.05, 0) is 25.2 Å². The predicted molar refractivity (Wildman–Crippen MR) is 73.0 cm³/mol. The molecule has 1 saturated heterocycles. The predicted octanol–water partition coefficient (Wildman–Crippen LogP) is 1.08. The van der Waals surface area contributed by atoms with Crippen molar-refractivity contribution in [1.29, 1.82) is 0 Å². The van der Waals surface area contributed by atoms with E-state index in [1.807, 2.05) is 6.92 Å². The number of hydrogen-bond donors (Lipinski definition) is 3. The molecule has 1 aliphatic rings. The molecular weight excluding hydrogens is 246 g/mol. The molecule has 0 radical (unpaired) electrons. The van der Waals surface area contributed by atoms with Crippen molar-refractivity contribution in [3.05, 3.63) is 0 Å². The topological polar surface area (TPSA) is 96.9 Å². The number of nitrogens with two attached hydrogens (primary N) is 1. The molecule has 0 aromatic rings. The summed E-state index contributed by atoms with van der Waals surface area (Å²) in [6, 6.07) is -0.00814. The number of nitrogens with one attached hydrogen (secondary N) is 1. The summed E-state index contributed by atoms with van der Waals surface area (Å²) < 4.78 is 5.27. The molecule has 110 valence electrons. The fourth-order valence-electron chi connectivity index (χ4n) is 1.97. The zero-order chi connectivity index (χ0) is 14.7. The minimum atomic E-state index is -0.952. The van der Waals surface area contributed by atoms with Crippen molar-refractivity contribution in [2.75, 3.05) is 13.2 Å². The van der Waals surface area contributed by atoms with E-state index in [-0.39, 0.29) is 23.2 Å². The zero-order valence-electron chi connectivity index (χ0n) is 12.2. The van der Waals surface area contributed by atoms with Crippen molar-refractivity contribution in [3.63, 3.8) is 0 Å². The molecule has 0 spiro atoms. The lowest BCUT2D eigenvalue weighted by molar-refractivity contribution is -0.133. The fourth-order valence-corrected chi connectivity index (χ4v) is 1.97. The van der Waals surface area contributed by atoms with Crippen LogP contribution in [0.5, 0.6) is 0 Å². The van der Waals surface area contributed by atoms with E-state index in [9.17, 15) is 4.79 Å². The Labute approximate surface area is 114 Å². The summed E-state index contributed by atoms with van der Waals surface area (Å²) in [6.07, 6.45) is 0.872. The number of carbonyl (C=O) groups excluding carboxylic acids is 1. The van der Waals surface area contributed by atoms with E-state index in [1.165, 1.54) is 0 Å². The number of nitrogens with zero attached hydrogens (tertiary/aromatic N) is 1. The molecule has 0 aliphatic carbocycles. The highest BCUT2D eigenvalue weighted by molar-refractivity contribution is 6.06. The van der Waals surface area contributed by atoms with Crippen LogP contribution < -0.4 is 11.1 Å². The SMILES string of the molecule is CC(NC(=O)C1(C(N)=NO)CCOCC1)C(C)(C)C. The van der Waals surface area contributed by atoms with Crippen LogP contribution >= 0.6 is 0 Å². The third-order valence-electron chi connectivity index (χ3n) is 4.03. The van der Waals surface area contributed by atoms with E-state index >= 15 is 0 Å². The molecule has 1 fully saturated rings. The first-order valence-electron chi connectivity index (χ1n) is 6.61. The van der Waals surface area contributed by atoms with E-state index in [0.29, 0.717) is 26.1 Å². The molecule has 1 amide bonds. The standard InChI is InChI=1S/C13H25N3O3/c1-9(12(2,3)4)15-11(17)13(10(14)16-18)5-7-19-8-6-13/h9,18H,5-8H2,1-4H3,(H2,14,16)(H,15,17). The third kappa shape index (κ3) is 3.37. The molecule has 0 bridgehead atoms. The van der Waals surface area contributed by atoms with Gasteiger partial charge in [0.15, 0.2) is 5.84 Å². The van der Waals surface area contributed by atoms with E-state index in [4.69, 9.17) is 15.7 Å². The fraction of sp³-hybridized carbons (Fsp3) is 0.846. The first-order valence-corrected chi connectivity index (χ1v) is 6.61. The molecule has 6 nitrogen and oxygen atoms in total. The number of ether oxygens (including phenoxy) is 1. The molecule has 6 heteroatoms. The van der Waals surface area contributed by atoms with Crippen LogP contribution in [0.2, 0.25) is 0 Å². The molecule has 1 unspecified atom stereocenters. The molecule has 1 rings (SSSR count). The van der Waals surface area contributed by atoms with E-state index in [2.05, 4.69) is 31.2 Å². The van der Waals surface area contributed by atoms with Gasteiger partial charge in [-0.25, -0.2) is 0 Å². The maximum Gasteiger partial charge on any atom is 0.234 e. The number of oxime groups is 1. The van der Waals surface area contributed by atoms with Gasteiger partial charge in [0, 0.05) is 19.3 Å². The quantitative estimate of drug-likeness (QED) is 0.310. The first-order chi connectivity index (χ1) is 8.74. The minimum absolute atomic E-state index is 0.00814. The van der Waals surface area contributed by atoms with Crippen molar-refractivity contribution in [2.45, 2.75) is 46.6 Å². The highest BCUT2D eigenvalue weighted by atomic mass is 16.5. The Morgan fingerprint density at radius 2 is 1.95 bits per heavy atom. The Morgan fingerprint density at radius 3 is 2.37 bits per heavy atom. The number of amidine groups is 1. The summed E-state index contributed by atoms with van der Waals surface area (Å²) in [6.45, 7) is 8.99. The van der Waals surface area contributed by atoms with Crippen LogP contribution in [0.15, 0.2) is 5.16 Å². The average molecular weight is 271 g/mol. The highest BCUT2D eigenvalue weighted by Gasteiger charge is 2.45. The van der Waals surface area contributed by atoms with Gasteiger partial charge >= 0.3 is 0 Å². The van der Waals surface area contributed by atoms with Crippen LogP contribution in [-0.2, 0) is 9.53 Å². The summed E-state index contributed by atoms with van der Waals surface area (Å²) in [5, 5.41) is 15.0. The minimum Gasteiger partial charge on any atom is -0.409 e. The van der Waals surface area contributed by atoms with Gasteiger partial charge in [0.1, 0.15) is 5.41 Å². The Bertz CT molecular complexity index is 355. The van der Waals surface area contributed by atoms with Crippen molar-refractivity contribution < 1.29 is 14.7 Å². The maximum absolute atomic E-state index is 12.5. The number of carbonyl (C=O) groups is 1. The third-order valence-corrected chi connectivity index (χ3v) is 4.03. The second-order valence-electron chi connectivity index (χ2n) is 6.24. The Hall–Kier alpha value is -1.30. The van der Waals surface area contributed by atoms with Crippen LogP contribution in [0.4, 0.5) is 0 Å². The first kappa shape index (κ1) is 15.8. The molecule has 0 aromatic heterocycles. The van der Waals surface area contributed by atoms with Crippen LogP contribution in [0.3, 0.4) is 0 Å². The summed E-state index contributed by atoms with van der Waals surface area (Å²) in [7, 11) is 0. The smallest absolute Gasteiger partial charge is 0.234 e. The summed E-state index contributed by atoms with van der Waals surface area (Å²) in [4.78, 5) is 12.5. The zero-order valence-corrected chi connectivity index (χ0v) is 12.2. The van der Waals surface area contributed by atoms with Crippen molar-refractivity contribution in [2.24, 2.45) is 21.7 Å². The lowest BCUT2D eigenvalue weighted by Crippen LogP contribution is -2.56. The molecule has 0 aromatic carbocycles. The van der Waals surface area contributed by atoms with Gasteiger partial charge in [-0.15, -0.1) is 0 Å². The molecule has 1 atom stereocenters. The Kier molecular flexibility index (Phi) is 4.79. The lowest BCUT2D eigenvalue weighted by atomic mass is 9.77. The van der Waals surface area contributed by atoms with Gasteiger partial charge in [0.05, 0.1) is 0 Å². The van der Waals surface area contributed by atoms with Crippen LogP contribution in [-0.4, -0.2) is 36.2 Å². The van der Waals surface area contributed by atoms with E-state index in [1.54, 1.807) is 0 Å². The van der Waals surface area contributed by atoms with Gasteiger partial charge in [0.25, 0.3) is 0 Å². The van der Waals surface area contributed by atoms with Crippen LogP contribution in [0.1, 0.15) is 40.5 Å². The van der Waals surface area contributed by atoms with E-state index in [0.717, 1.165) is 0 Å². The second kappa shape index (κ2) is 5.77. The van der Waals surface area contributed by atoms with Crippen LogP contribution in [0, 0.1) is 10.8 Å².